The van der Waals surface area contributed by atoms with Crippen LogP contribution in [0.5, 0.6) is 23.0 Å². The van der Waals surface area contributed by atoms with Crippen molar-refractivity contribution in [3.05, 3.63) is 47.5 Å². The Morgan fingerprint density at radius 1 is 0.600 bits per heavy atom. The molecule has 0 bridgehead atoms. The number of carboxylic acid groups (broad SMARTS) is 4. The lowest BCUT2D eigenvalue weighted by atomic mass is 10.0. The topological polar surface area (TPSA) is 203 Å². The second-order valence-electron chi connectivity index (χ2n) is 5.10. The first-order valence-corrected chi connectivity index (χ1v) is 7.53. The second-order valence-corrected chi connectivity index (χ2v) is 5.10. The van der Waals surface area contributed by atoms with E-state index < -0.39 is 59.0 Å². The molecule has 156 valence electrons. The van der Waals surface area contributed by atoms with E-state index in [0.29, 0.717) is 0 Å². The van der Waals surface area contributed by atoms with E-state index in [1.54, 1.807) is 0 Å². The van der Waals surface area contributed by atoms with E-state index in [1.165, 1.54) is 6.07 Å². The Kier molecular flexibility index (Phi) is 6.39. The van der Waals surface area contributed by atoms with Crippen LogP contribution in [0, 0.1) is 0 Å². The van der Waals surface area contributed by atoms with E-state index >= 15 is 0 Å². The lowest BCUT2D eigenvalue weighted by Gasteiger charge is -2.12. The highest BCUT2D eigenvalue weighted by Gasteiger charge is 2.24. The standard InChI is InChI=1S/C17H10O13/c18-12(7-4-5-9(27-14(19)20)11(6-7)29-16(23)24)8-2-1-3-10(28-15(21)22)13(8)30-17(25)26/h1-6H,(H,19,20)(H,21,22)(H,23,24)(H,25,26). The Bertz CT molecular complexity index is 1040. The molecule has 0 unspecified atom stereocenters. The van der Waals surface area contributed by atoms with Crippen molar-refractivity contribution in [3.63, 3.8) is 0 Å². The van der Waals surface area contributed by atoms with Gasteiger partial charge in [0.25, 0.3) is 0 Å². The zero-order valence-corrected chi connectivity index (χ0v) is 14.4. The number of rotatable bonds is 6. The summed E-state index contributed by atoms with van der Waals surface area (Å²) in [5.74, 6) is -3.47. The number of carbonyl (C=O) groups excluding carboxylic acids is 1. The fraction of sp³-hybridized carbons (Fsp3) is 0. The SMILES string of the molecule is O=C(O)Oc1ccc(C(=O)c2cccc(OC(=O)O)c2OC(=O)O)cc1OC(=O)O. The maximum Gasteiger partial charge on any atom is 0.511 e. The highest BCUT2D eigenvalue weighted by atomic mass is 16.7. The number of hydrogen-bond acceptors (Lipinski definition) is 9. The van der Waals surface area contributed by atoms with Gasteiger partial charge in [0.2, 0.25) is 0 Å². The largest absolute Gasteiger partial charge is 0.511 e. The molecule has 0 heterocycles. The van der Waals surface area contributed by atoms with Gasteiger partial charge >= 0.3 is 24.6 Å². The predicted molar refractivity (Wildman–Crippen MR) is 90.9 cm³/mol. The molecule has 0 saturated carbocycles. The van der Waals surface area contributed by atoms with Crippen molar-refractivity contribution in [1.29, 1.82) is 0 Å². The van der Waals surface area contributed by atoms with Gasteiger partial charge in [0.1, 0.15) is 0 Å². The fourth-order valence-corrected chi connectivity index (χ4v) is 2.22. The fourth-order valence-electron chi connectivity index (χ4n) is 2.22. The van der Waals surface area contributed by atoms with Crippen LogP contribution in [-0.2, 0) is 0 Å². The van der Waals surface area contributed by atoms with Crippen molar-refractivity contribution in [2.75, 3.05) is 0 Å². The molecule has 13 heteroatoms. The first-order valence-electron chi connectivity index (χ1n) is 7.53. The maximum atomic E-state index is 12.8. The van der Waals surface area contributed by atoms with Crippen LogP contribution in [-0.4, -0.2) is 50.8 Å². The Morgan fingerprint density at radius 3 is 1.70 bits per heavy atom. The Morgan fingerprint density at radius 2 is 1.13 bits per heavy atom. The van der Waals surface area contributed by atoms with Crippen LogP contribution in [0.3, 0.4) is 0 Å². The molecule has 2 rings (SSSR count). The monoisotopic (exact) mass is 422 g/mol. The molecule has 0 aliphatic heterocycles. The molecular weight excluding hydrogens is 412 g/mol. The van der Waals surface area contributed by atoms with E-state index in [1.807, 2.05) is 0 Å². The average Bonchev–Trinajstić information content (AvgIpc) is 2.62. The van der Waals surface area contributed by atoms with Crippen molar-refractivity contribution in [3.8, 4) is 23.0 Å². The maximum absolute atomic E-state index is 12.8. The molecule has 13 nitrogen and oxygen atoms in total. The molecular formula is C17H10O13. The molecule has 0 radical (unpaired) electrons. The third-order valence-corrected chi connectivity index (χ3v) is 3.21. The Labute approximate surface area is 165 Å². The van der Waals surface area contributed by atoms with Crippen molar-refractivity contribution < 1.29 is 63.3 Å². The molecule has 0 fully saturated rings. The third kappa shape index (κ3) is 5.35. The van der Waals surface area contributed by atoms with Crippen molar-refractivity contribution >= 4 is 30.4 Å². The van der Waals surface area contributed by atoms with Gasteiger partial charge in [0.05, 0.1) is 5.56 Å². The zero-order chi connectivity index (χ0) is 22.4. The van der Waals surface area contributed by atoms with Gasteiger partial charge in [-0.1, -0.05) is 6.07 Å². The summed E-state index contributed by atoms with van der Waals surface area (Å²) >= 11 is 0. The highest BCUT2D eigenvalue weighted by Crippen LogP contribution is 2.35. The first kappa shape index (κ1) is 21.5. The van der Waals surface area contributed by atoms with Gasteiger partial charge in [0.15, 0.2) is 28.8 Å². The van der Waals surface area contributed by atoms with Crippen molar-refractivity contribution in [2.45, 2.75) is 0 Å². The lowest BCUT2D eigenvalue weighted by Crippen LogP contribution is -2.13. The van der Waals surface area contributed by atoms with Gasteiger partial charge in [-0.05, 0) is 30.3 Å². The minimum Gasteiger partial charge on any atom is -0.449 e. The second kappa shape index (κ2) is 8.92. The minimum atomic E-state index is -1.87. The Hall–Kier alpha value is -4.81. The summed E-state index contributed by atoms with van der Waals surface area (Å²) in [6.07, 6.45) is -7.28. The Balaban J connectivity index is 2.56. The minimum absolute atomic E-state index is 0.299. The molecule has 2 aromatic carbocycles. The van der Waals surface area contributed by atoms with E-state index in [0.717, 1.165) is 30.3 Å². The molecule has 0 atom stereocenters. The van der Waals surface area contributed by atoms with Crippen LogP contribution >= 0.6 is 0 Å². The van der Waals surface area contributed by atoms with Crippen LogP contribution < -0.4 is 18.9 Å². The summed E-state index contributed by atoms with van der Waals surface area (Å²) in [5, 5.41) is 35.1. The molecule has 2 aromatic rings. The third-order valence-electron chi connectivity index (χ3n) is 3.21. The summed E-state index contributed by atoms with van der Waals surface area (Å²) in [6.45, 7) is 0. The normalized spacial score (nSPS) is 9.87. The van der Waals surface area contributed by atoms with Crippen LogP contribution in [0.15, 0.2) is 36.4 Å². The number of benzene rings is 2. The lowest BCUT2D eigenvalue weighted by molar-refractivity contribution is 0.102. The van der Waals surface area contributed by atoms with E-state index in [4.69, 9.17) is 20.4 Å². The zero-order valence-electron chi connectivity index (χ0n) is 14.4. The summed E-state index contributed by atoms with van der Waals surface area (Å²) in [7, 11) is 0. The van der Waals surface area contributed by atoms with Crippen LogP contribution in [0.2, 0.25) is 0 Å². The molecule has 0 spiro atoms. The molecule has 0 aromatic heterocycles. The summed E-state index contributed by atoms with van der Waals surface area (Å²) in [4.78, 5) is 56.1. The summed E-state index contributed by atoms with van der Waals surface area (Å²) in [5.41, 5.74) is -0.754. The van der Waals surface area contributed by atoms with Crippen LogP contribution in [0.25, 0.3) is 0 Å². The number of carbonyl (C=O) groups is 5. The van der Waals surface area contributed by atoms with Gasteiger partial charge in [-0.2, -0.15) is 0 Å². The van der Waals surface area contributed by atoms with Gasteiger partial charge in [-0.15, -0.1) is 0 Å². The molecule has 0 aliphatic carbocycles. The van der Waals surface area contributed by atoms with E-state index in [2.05, 4.69) is 18.9 Å². The summed E-state index contributed by atoms with van der Waals surface area (Å²) < 4.78 is 17.6. The van der Waals surface area contributed by atoms with Crippen molar-refractivity contribution in [1.82, 2.24) is 0 Å². The number of ether oxygens (including phenoxy) is 4. The smallest absolute Gasteiger partial charge is 0.449 e. The van der Waals surface area contributed by atoms with Gasteiger partial charge < -0.3 is 39.4 Å². The molecule has 30 heavy (non-hydrogen) atoms. The first-order chi connectivity index (χ1) is 14.1. The van der Waals surface area contributed by atoms with Crippen molar-refractivity contribution in [2.24, 2.45) is 0 Å². The molecule has 0 amide bonds. The highest BCUT2D eigenvalue weighted by molar-refractivity contribution is 6.11. The quantitative estimate of drug-likeness (QED) is 0.300. The summed E-state index contributed by atoms with van der Waals surface area (Å²) in [6, 6.07) is 6.08. The number of ketones is 1. The number of hydrogen-bond donors (Lipinski definition) is 4. The molecule has 4 N–H and O–H groups in total. The van der Waals surface area contributed by atoms with Gasteiger partial charge in [-0.3, -0.25) is 4.79 Å². The van der Waals surface area contributed by atoms with Crippen LogP contribution in [0.4, 0.5) is 19.2 Å². The number of para-hydroxylation sites is 1. The van der Waals surface area contributed by atoms with E-state index in [-0.39, 0.29) is 5.56 Å². The molecule has 0 aliphatic rings. The van der Waals surface area contributed by atoms with Gasteiger partial charge in [0, 0.05) is 5.56 Å². The predicted octanol–water partition coefficient (Wildman–Crippen LogP) is 3.14. The average molecular weight is 422 g/mol. The van der Waals surface area contributed by atoms with E-state index in [9.17, 15) is 24.0 Å². The molecule has 0 saturated heterocycles. The van der Waals surface area contributed by atoms with Gasteiger partial charge in [-0.25, -0.2) is 19.2 Å². The van der Waals surface area contributed by atoms with Crippen LogP contribution in [0.1, 0.15) is 15.9 Å².